The molecule has 0 aliphatic heterocycles. The summed E-state index contributed by atoms with van der Waals surface area (Å²) < 4.78 is 0. The largest absolute Gasteiger partial charge is 0.314 e. The Morgan fingerprint density at radius 1 is 1.33 bits per heavy atom. The first-order valence-corrected chi connectivity index (χ1v) is 9.35. The van der Waals surface area contributed by atoms with E-state index in [1.54, 1.807) is 11.3 Å². The summed E-state index contributed by atoms with van der Waals surface area (Å²) in [6.45, 7) is 12.8. The van der Waals surface area contributed by atoms with Gasteiger partial charge in [-0.15, -0.1) is 11.3 Å². The molecule has 3 heteroatoms. The third-order valence-corrected chi connectivity index (χ3v) is 5.83. The van der Waals surface area contributed by atoms with Crippen molar-refractivity contribution in [2.24, 2.45) is 16.7 Å². The summed E-state index contributed by atoms with van der Waals surface area (Å²) in [6, 6.07) is 0.567. The first kappa shape index (κ1) is 17.0. The van der Waals surface area contributed by atoms with Crippen LogP contribution in [0.1, 0.15) is 66.0 Å². The highest BCUT2D eigenvalue weighted by Gasteiger charge is 2.39. The van der Waals surface area contributed by atoms with Crippen molar-refractivity contribution in [1.29, 1.82) is 0 Å². The summed E-state index contributed by atoms with van der Waals surface area (Å²) in [5.74, 6) is 0.875. The summed E-state index contributed by atoms with van der Waals surface area (Å²) in [4.78, 5) is 4.54. The third kappa shape index (κ3) is 4.79. The van der Waals surface area contributed by atoms with Crippen LogP contribution in [0, 0.1) is 16.7 Å². The second-order valence-corrected chi connectivity index (χ2v) is 9.05. The normalized spacial score (nSPS) is 27.2. The highest BCUT2D eigenvalue weighted by molar-refractivity contribution is 7.07. The van der Waals surface area contributed by atoms with Crippen LogP contribution in [0.5, 0.6) is 0 Å². The summed E-state index contributed by atoms with van der Waals surface area (Å²) in [7, 11) is 0. The Labute approximate surface area is 134 Å². The molecule has 0 amide bonds. The number of aromatic nitrogens is 1. The van der Waals surface area contributed by atoms with Crippen molar-refractivity contribution >= 4 is 11.3 Å². The molecule has 21 heavy (non-hydrogen) atoms. The Hall–Kier alpha value is -0.410. The topological polar surface area (TPSA) is 24.9 Å². The fourth-order valence-corrected chi connectivity index (χ4v) is 4.20. The van der Waals surface area contributed by atoms with Gasteiger partial charge in [0.2, 0.25) is 0 Å². The van der Waals surface area contributed by atoms with Gasteiger partial charge in [-0.1, -0.05) is 34.6 Å². The van der Waals surface area contributed by atoms with E-state index in [-0.39, 0.29) is 0 Å². The molecule has 1 aromatic heterocycles. The molecule has 1 saturated carbocycles. The standard InChI is InChI=1S/C18H32N2S/c1-14(2)19-12-18(10-16-11-21-13-20-16)8-6-15(7-9-18)17(3,4)5/h11,13-15,19H,6-10,12H2,1-5H3. The van der Waals surface area contributed by atoms with E-state index in [2.05, 4.69) is 50.3 Å². The van der Waals surface area contributed by atoms with Crippen LogP contribution >= 0.6 is 11.3 Å². The van der Waals surface area contributed by atoms with E-state index >= 15 is 0 Å². The molecule has 1 N–H and O–H groups in total. The fraction of sp³-hybridized carbons (Fsp3) is 0.833. The van der Waals surface area contributed by atoms with Gasteiger partial charge in [0.25, 0.3) is 0 Å². The van der Waals surface area contributed by atoms with Gasteiger partial charge in [-0.25, -0.2) is 4.98 Å². The lowest BCUT2D eigenvalue weighted by Crippen LogP contribution is -2.43. The molecule has 1 aromatic rings. The molecular weight excluding hydrogens is 276 g/mol. The predicted octanol–water partition coefficient (Wildman–Crippen LogP) is 4.91. The summed E-state index contributed by atoms with van der Waals surface area (Å²) >= 11 is 1.72. The van der Waals surface area contributed by atoms with Gasteiger partial charge < -0.3 is 5.32 Å². The molecule has 0 bridgehead atoms. The maximum absolute atomic E-state index is 4.54. The van der Waals surface area contributed by atoms with Gasteiger partial charge in [0.1, 0.15) is 0 Å². The average Bonchev–Trinajstić information content (AvgIpc) is 2.89. The minimum atomic E-state index is 0.417. The van der Waals surface area contributed by atoms with Crippen molar-refractivity contribution in [2.75, 3.05) is 6.54 Å². The fourth-order valence-electron chi connectivity index (χ4n) is 3.64. The first-order valence-electron chi connectivity index (χ1n) is 8.41. The van der Waals surface area contributed by atoms with E-state index in [0.717, 1.165) is 18.9 Å². The van der Waals surface area contributed by atoms with Crippen LogP contribution < -0.4 is 5.32 Å². The summed E-state index contributed by atoms with van der Waals surface area (Å²) in [5, 5.41) is 5.93. The lowest BCUT2D eigenvalue weighted by molar-refractivity contribution is 0.0841. The molecule has 1 fully saturated rings. The summed E-state index contributed by atoms with van der Waals surface area (Å²) in [6.07, 6.45) is 6.56. The second-order valence-electron chi connectivity index (χ2n) is 8.33. The molecule has 120 valence electrons. The van der Waals surface area contributed by atoms with Crippen molar-refractivity contribution in [3.8, 4) is 0 Å². The smallest absolute Gasteiger partial charge is 0.0794 e. The third-order valence-electron chi connectivity index (χ3n) is 5.20. The van der Waals surface area contributed by atoms with Crippen molar-refractivity contribution in [3.05, 3.63) is 16.6 Å². The molecule has 1 aliphatic rings. The van der Waals surface area contributed by atoms with Crippen LogP contribution in [0.3, 0.4) is 0 Å². The van der Waals surface area contributed by atoms with Gasteiger partial charge in [-0.3, -0.25) is 0 Å². The zero-order valence-corrected chi connectivity index (χ0v) is 15.2. The van der Waals surface area contributed by atoms with E-state index in [4.69, 9.17) is 0 Å². The molecule has 0 atom stereocenters. The Morgan fingerprint density at radius 3 is 2.48 bits per heavy atom. The molecule has 0 saturated heterocycles. The maximum atomic E-state index is 4.54. The van der Waals surface area contributed by atoms with E-state index in [0.29, 0.717) is 16.9 Å². The number of nitrogens with one attached hydrogen (secondary N) is 1. The van der Waals surface area contributed by atoms with E-state index in [1.165, 1.54) is 31.4 Å². The van der Waals surface area contributed by atoms with Crippen LogP contribution in [0.25, 0.3) is 0 Å². The van der Waals surface area contributed by atoms with Gasteiger partial charge in [0.15, 0.2) is 0 Å². The van der Waals surface area contributed by atoms with E-state index < -0.39 is 0 Å². The lowest BCUT2D eigenvalue weighted by atomic mass is 9.62. The molecule has 2 nitrogen and oxygen atoms in total. The molecule has 0 spiro atoms. The molecule has 1 heterocycles. The number of thiazole rings is 1. The SMILES string of the molecule is CC(C)NCC1(Cc2cscn2)CCC(C(C)(C)C)CC1. The molecular formula is C18H32N2S. The molecule has 0 radical (unpaired) electrons. The van der Waals surface area contributed by atoms with Crippen LogP contribution in [-0.4, -0.2) is 17.6 Å². The number of hydrogen-bond acceptors (Lipinski definition) is 3. The zero-order valence-electron chi connectivity index (χ0n) is 14.4. The second kappa shape index (κ2) is 6.78. The van der Waals surface area contributed by atoms with Crippen LogP contribution in [0.15, 0.2) is 10.9 Å². The predicted molar refractivity (Wildman–Crippen MR) is 92.8 cm³/mol. The van der Waals surface area contributed by atoms with Gasteiger partial charge >= 0.3 is 0 Å². The number of nitrogens with zero attached hydrogens (tertiary/aromatic N) is 1. The maximum Gasteiger partial charge on any atom is 0.0794 e. The minimum Gasteiger partial charge on any atom is -0.314 e. The Bertz CT molecular complexity index is 409. The van der Waals surface area contributed by atoms with Gasteiger partial charge in [-0.05, 0) is 48.9 Å². The zero-order chi connectivity index (χ0) is 15.5. The van der Waals surface area contributed by atoms with Crippen LogP contribution in [0.4, 0.5) is 0 Å². The quantitative estimate of drug-likeness (QED) is 0.836. The van der Waals surface area contributed by atoms with E-state index in [1.807, 2.05) is 5.51 Å². The van der Waals surface area contributed by atoms with Crippen molar-refractivity contribution in [1.82, 2.24) is 10.3 Å². The van der Waals surface area contributed by atoms with Crippen molar-refractivity contribution in [3.63, 3.8) is 0 Å². The average molecular weight is 309 g/mol. The van der Waals surface area contributed by atoms with E-state index in [9.17, 15) is 0 Å². The molecule has 0 unspecified atom stereocenters. The highest BCUT2D eigenvalue weighted by atomic mass is 32.1. The minimum absolute atomic E-state index is 0.417. The highest BCUT2D eigenvalue weighted by Crippen LogP contribution is 2.46. The van der Waals surface area contributed by atoms with Gasteiger partial charge in [0.05, 0.1) is 11.2 Å². The molecule has 1 aliphatic carbocycles. The summed E-state index contributed by atoms with van der Waals surface area (Å²) in [5.41, 5.74) is 4.14. The molecule has 0 aromatic carbocycles. The Morgan fingerprint density at radius 2 is 2.00 bits per heavy atom. The Balaban J connectivity index is 2.04. The first-order chi connectivity index (χ1) is 9.81. The monoisotopic (exact) mass is 308 g/mol. The number of rotatable bonds is 5. The van der Waals surface area contributed by atoms with Crippen molar-refractivity contribution in [2.45, 2.75) is 72.8 Å². The van der Waals surface area contributed by atoms with Crippen LogP contribution in [0.2, 0.25) is 0 Å². The number of hydrogen-bond donors (Lipinski definition) is 1. The lowest BCUT2D eigenvalue weighted by Gasteiger charge is -2.44. The van der Waals surface area contributed by atoms with Gasteiger partial charge in [-0.2, -0.15) is 0 Å². The van der Waals surface area contributed by atoms with Crippen molar-refractivity contribution < 1.29 is 0 Å². The molecule has 2 rings (SSSR count). The van der Waals surface area contributed by atoms with Crippen LogP contribution in [-0.2, 0) is 6.42 Å². The Kier molecular flexibility index (Phi) is 5.48. The van der Waals surface area contributed by atoms with Gasteiger partial charge in [0, 0.05) is 18.0 Å².